The Labute approximate surface area is 566 Å². The van der Waals surface area contributed by atoms with Crippen molar-refractivity contribution < 1.29 is 13.6 Å². The normalized spacial score (nSPS) is 12.7. The van der Waals surface area contributed by atoms with Crippen molar-refractivity contribution in [3.8, 4) is 101 Å². The van der Waals surface area contributed by atoms with E-state index in [2.05, 4.69) is 350 Å². The van der Waals surface area contributed by atoms with Gasteiger partial charge in [-0.1, -0.05) is 248 Å². The summed E-state index contributed by atoms with van der Waals surface area (Å²) in [6.45, 7) is 13.8. The van der Waals surface area contributed by atoms with Crippen molar-refractivity contribution >= 4 is 84.0 Å². The number of nitrogens with zero attached hydrogens (tertiary/aromatic N) is 1. The molecule has 2 aliphatic heterocycles. The van der Waals surface area contributed by atoms with Crippen molar-refractivity contribution in [2.24, 2.45) is 0 Å². The molecule has 4 nitrogen and oxygen atoms in total. The molecule has 97 heavy (non-hydrogen) atoms. The third-order valence-electron chi connectivity index (χ3n) is 20.2. The highest BCUT2D eigenvalue weighted by Gasteiger charge is 2.44. The lowest BCUT2D eigenvalue weighted by Crippen LogP contribution is -2.59. The van der Waals surface area contributed by atoms with Gasteiger partial charge in [0.2, 0.25) is 0 Å². The number of furan rings is 2. The summed E-state index contributed by atoms with van der Waals surface area (Å²) in [5, 5.41) is 4.27. The Morgan fingerprint density at radius 1 is 0.278 bits per heavy atom. The Kier molecular flexibility index (Phi) is 13.4. The number of hydrogen-bond donors (Lipinski definition) is 0. The van der Waals surface area contributed by atoms with Crippen molar-refractivity contribution in [1.82, 2.24) is 0 Å². The quantitative estimate of drug-likeness (QED) is 0.135. The van der Waals surface area contributed by atoms with Crippen molar-refractivity contribution in [2.75, 3.05) is 4.90 Å². The Bertz CT molecular complexity index is 5560. The fourth-order valence-corrected chi connectivity index (χ4v) is 15.3. The molecule has 16 aromatic rings. The van der Waals surface area contributed by atoms with Crippen LogP contribution in [0.1, 0.15) is 52.7 Å². The Balaban J connectivity index is 0.979. The lowest BCUT2D eigenvalue weighted by molar-refractivity contribution is 0.488. The third-order valence-corrected chi connectivity index (χ3v) is 20.2. The van der Waals surface area contributed by atoms with E-state index in [1.54, 1.807) is 0 Å². The Morgan fingerprint density at radius 3 is 1.18 bits per heavy atom. The van der Waals surface area contributed by atoms with Gasteiger partial charge in [-0.25, -0.2) is 0 Å². The second-order valence-electron chi connectivity index (χ2n) is 28.3. The summed E-state index contributed by atoms with van der Waals surface area (Å²) in [5.74, 6) is 1.65. The van der Waals surface area contributed by atoms with Gasteiger partial charge in [-0.3, -0.25) is 0 Å². The zero-order valence-corrected chi connectivity index (χ0v) is 55.1. The molecule has 0 saturated heterocycles. The van der Waals surface area contributed by atoms with Crippen molar-refractivity contribution in [2.45, 2.75) is 52.4 Å². The molecule has 0 fully saturated rings. The molecule has 0 amide bonds. The van der Waals surface area contributed by atoms with E-state index in [1.165, 1.54) is 27.7 Å². The molecular formula is C92H68BNO3. The van der Waals surface area contributed by atoms with Gasteiger partial charge in [-0.05, 0) is 213 Å². The number of anilines is 3. The first-order valence-corrected chi connectivity index (χ1v) is 33.8. The minimum Gasteiger partial charge on any atom is -0.458 e. The van der Waals surface area contributed by atoms with E-state index in [0.717, 1.165) is 161 Å². The van der Waals surface area contributed by atoms with Gasteiger partial charge in [0, 0.05) is 44.0 Å². The highest BCUT2D eigenvalue weighted by molar-refractivity contribution is 6.99. The summed E-state index contributed by atoms with van der Waals surface area (Å²) in [5.41, 5.74) is 29.8. The third kappa shape index (κ3) is 9.90. The van der Waals surface area contributed by atoms with E-state index < -0.39 is 0 Å². The highest BCUT2D eigenvalue weighted by Crippen LogP contribution is 2.55. The second-order valence-corrected chi connectivity index (χ2v) is 28.3. The van der Waals surface area contributed by atoms with E-state index in [1.807, 2.05) is 0 Å². The van der Waals surface area contributed by atoms with Crippen molar-refractivity contribution in [3.05, 3.63) is 314 Å². The standard InChI is InChI=1S/C92H68BNO3/c1-91(2,3)69-42-43-77-79(56-69)94(90-75(71-35-23-39-84-87(71)73-33-19-21-37-81(73)95-84)54-70(92(4,5)6)55-76(90)72-36-24-40-85-88(72)74-34-20-22-38-82(74)96-85)80-52-68(67-49-64(59-29-15-9-16-30-59)46-65(50-67)60-31-17-10-18-32-60)53-86-89(80)93(77)78-51-61(41-44-83(78)97-86)66-47-62(57-25-11-7-12-26-57)45-63(48-66)58-27-13-8-14-28-58/h7-56H,1-6H3. The number of ether oxygens (including phenoxy) is 1. The zero-order chi connectivity index (χ0) is 65.3. The monoisotopic (exact) mass is 1250 g/mol. The predicted octanol–water partition coefficient (Wildman–Crippen LogP) is 23.8. The molecule has 4 heterocycles. The minimum absolute atomic E-state index is 0.231. The van der Waals surface area contributed by atoms with Gasteiger partial charge in [-0.15, -0.1) is 0 Å². The molecular weight excluding hydrogens is 1180 g/mol. The summed E-state index contributed by atoms with van der Waals surface area (Å²) in [6, 6.07) is 111. The van der Waals surface area contributed by atoms with Crippen LogP contribution in [-0.2, 0) is 10.8 Å². The van der Waals surface area contributed by atoms with E-state index in [-0.39, 0.29) is 17.5 Å². The molecule has 2 aliphatic rings. The minimum atomic E-state index is -0.290. The fraction of sp³-hybridized carbons (Fsp3) is 0.0870. The summed E-state index contributed by atoms with van der Waals surface area (Å²) < 4.78 is 21.4. The lowest BCUT2D eigenvalue weighted by atomic mass is 9.34. The molecule has 2 aromatic heterocycles. The smallest absolute Gasteiger partial charge is 0.256 e. The number of fused-ring (bicyclic) bond motifs is 10. The summed E-state index contributed by atoms with van der Waals surface area (Å²) >= 11 is 0. The van der Waals surface area contributed by atoms with Gasteiger partial charge >= 0.3 is 0 Å². The number of hydrogen-bond acceptors (Lipinski definition) is 4. The van der Waals surface area contributed by atoms with Crippen LogP contribution in [0.15, 0.2) is 312 Å². The maximum absolute atomic E-state index is 7.70. The van der Waals surface area contributed by atoms with E-state index in [9.17, 15) is 0 Å². The first kappa shape index (κ1) is 58.0. The van der Waals surface area contributed by atoms with Crippen LogP contribution in [0.5, 0.6) is 11.5 Å². The summed E-state index contributed by atoms with van der Waals surface area (Å²) in [6.07, 6.45) is 0. The largest absolute Gasteiger partial charge is 0.458 e. The fourth-order valence-electron chi connectivity index (χ4n) is 15.3. The van der Waals surface area contributed by atoms with Gasteiger partial charge in [0.1, 0.15) is 33.8 Å². The molecule has 0 radical (unpaired) electrons. The van der Waals surface area contributed by atoms with Gasteiger partial charge in [0.25, 0.3) is 6.71 Å². The van der Waals surface area contributed by atoms with Crippen LogP contribution < -0.4 is 26.0 Å². The molecule has 0 spiro atoms. The van der Waals surface area contributed by atoms with Gasteiger partial charge in [0.15, 0.2) is 0 Å². The lowest BCUT2D eigenvalue weighted by Gasteiger charge is -2.43. The molecule has 0 aliphatic carbocycles. The van der Waals surface area contributed by atoms with Crippen molar-refractivity contribution in [1.29, 1.82) is 0 Å². The SMILES string of the molecule is CC(C)(C)c1cc(-c2cccc3oc4ccccc4c23)c(N2c3cc(C(C)(C)C)ccc3B3c4cc(-c5cc(-c6ccccc6)cc(-c6ccccc6)c5)ccc4Oc4cc(-c5cc(-c6ccccc6)cc(-c6ccccc6)c5)cc2c43)c(-c2cccc3oc4ccccc4c23)c1. The second kappa shape index (κ2) is 22.5. The molecule has 0 unspecified atom stereocenters. The van der Waals surface area contributed by atoms with Crippen LogP contribution in [-0.4, -0.2) is 6.71 Å². The molecule has 14 aromatic carbocycles. The van der Waals surface area contributed by atoms with Crippen molar-refractivity contribution in [3.63, 3.8) is 0 Å². The number of benzene rings is 14. The summed E-state index contributed by atoms with van der Waals surface area (Å²) in [7, 11) is 0. The van der Waals surface area contributed by atoms with E-state index in [4.69, 9.17) is 13.6 Å². The van der Waals surface area contributed by atoms with Crippen LogP contribution >= 0.6 is 0 Å². The van der Waals surface area contributed by atoms with Crippen LogP contribution in [0.25, 0.3) is 133 Å². The van der Waals surface area contributed by atoms with Crippen LogP contribution in [0.4, 0.5) is 17.1 Å². The van der Waals surface area contributed by atoms with E-state index >= 15 is 0 Å². The molecule has 0 saturated carbocycles. The number of rotatable bonds is 9. The maximum Gasteiger partial charge on any atom is 0.256 e. The first-order valence-electron chi connectivity index (χ1n) is 33.8. The molecule has 5 heteroatoms. The molecule has 0 N–H and O–H groups in total. The zero-order valence-electron chi connectivity index (χ0n) is 55.1. The molecule has 18 rings (SSSR count). The van der Waals surface area contributed by atoms with Gasteiger partial charge in [0.05, 0.1) is 5.69 Å². The maximum atomic E-state index is 7.70. The topological polar surface area (TPSA) is 38.8 Å². The summed E-state index contributed by atoms with van der Waals surface area (Å²) in [4.78, 5) is 2.65. The highest BCUT2D eigenvalue weighted by atomic mass is 16.5. The van der Waals surface area contributed by atoms with Crippen LogP contribution in [0, 0.1) is 0 Å². The number of para-hydroxylation sites is 2. The average Bonchev–Trinajstić information content (AvgIpc) is 1.14. The molecule has 462 valence electrons. The molecule has 0 atom stereocenters. The Hall–Kier alpha value is -11.7. The van der Waals surface area contributed by atoms with Gasteiger partial charge < -0.3 is 18.5 Å². The van der Waals surface area contributed by atoms with Gasteiger partial charge in [-0.2, -0.15) is 0 Å². The predicted molar refractivity (Wildman–Crippen MR) is 408 cm³/mol. The Morgan fingerprint density at radius 2 is 0.701 bits per heavy atom. The average molecular weight is 1250 g/mol. The van der Waals surface area contributed by atoms with Crippen LogP contribution in [0.3, 0.4) is 0 Å². The van der Waals surface area contributed by atoms with Crippen LogP contribution in [0.2, 0.25) is 0 Å². The first-order chi connectivity index (χ1) is 47.3. The van der Waals surface area contributed by atoms with E-state index in [0.29, 0.717) is 0 Å². The molecule has 0 bridgehead atoms.